The van der Waals surface area contributed by atoms with Gasteiger partial charge in [-0.25, -0.2) is 4.68 Å². The Morgan fingerprint density at radius 2 is 2.00 bits per heavy atom. The number of nitrogens with zero attached hydrogens (tertiary/aromatic N) is 5. The highest BCUT2D eigenvalue weighted by Gasteiger charge is 2.19. The molecule has 1 saturated heterocycles. The van der Waals surface area contributed by atoms with Crippen molar-refractivity contribution in [3.05, 3.63) is 47.2 Å². The van der Waals surface area contributed by atoms with Crippen LogP contribution in [-0.2, 0) is 6.54 Å². The number of carbonyl (C=O) groups is 1. The minimum Gasteiger partial charge on any atom is -0.344 e. The molecule has 2 N–H and O–H groups in total. The number of nitrogens with one attached hydrogen (secondary N) is 2. The largest absolute Gasteiger partial charge is 0.344 e. The third-order valence-corrected chi connectivity index (χ3v) is 5.29. The Hall–Kier alpha value is -2.65. The summed E-state index contributed by atoms with van der Waals surface area (Å²) in [5.41, 5.74) is 1.35. The summed E-state index contributed by atoms with van der Waals surface area (Å²) >= 11 is 1.47. The van der Waals surface area contributed by atoms with Crippen molar-refractivity contribution in [1.29, 1.82) is 0 Å². The van der Waals surface area contributed by atoms with Crippen LogP contribution in [0.3, 0.4) is 0 Å². The van der Waals surface area contributed by atoms with Gasteiger partial charge < -0.3 is 10.6 Å². The number of hydrogen-bond donors (Lipinski definition) is 2. The quantitative estimate of drug-likeness (QED) is 0.710. The molecule has 0 radical (unpaired) electrons. The van der Waals surface area contributed by atoms with Crippen LogP contribution >= 0.6 is 11.3 Å². The van der Waals surface area contributed by atoms with Gasteiger partial charge in [0.25, 0.3) is 5.91 Å². The van der Waals surface area contributed by atoms with Crippen LogP contribution in [0.4, 0.5) is 0 Å². The lowest BCUT2D eigenvalue weighted by atomic mass is 10.1. The zero-order valence-electron chi connectivity index (χ0n) is 14.1. The number of piperidine rings is 1. The second kappa shape index (κ2) is 7.71. The first-order valence-electron chi connectivity index (χ1n) is 8.58. The van der Waals surface area contributed by atoms with E-state index < -0.39 is 0 Å². The average Bonchev–Trinajstić information content (AvgIpc) is 3.37. The fourth-order valence-electron chi connectivity index (χ4n) is 2.90. The molecule has 3 aromatic rings. The van der Waals surface area contributed by atoms with Crippen molar-refractivity contribution >= 4 is 17.2 Å². The average molecular weight is 369 g/mol. The lowest BCUT2D eigenvalue weighted by molar-refractivity contribution is 0.0945. The molecule has 0 spiro atoms. The summed E-state index contributed by atoms with van der Waals surface area (Å²) in [5.74, 6) is -0.248. The van der Waals surface area contributed by atoms with Gasteiger partial charge in [-0.1, -0.05) is 46.9 Å². The Bertz CT molecular complexity index is 870. The highest BCUT2D eigenvalue weighted by molar-refractivity contribution is 7.14. The Kier molecular flexibility index (Phi) is 4.98. The fourth-order valence-corrected chi connectivity index (χ4v) is 3.68. The molecule has 134 valence electrons. The molecule has 0 unspecified atom stereocenters. The van der Waals surface area contributed by atoms with Crippen LogP contribution in [0.25, 0.3) is 10.6 Å². The summed E-state index contributed by atoms with van der Waals surface area (Å²) in [6.45, 7) is 2.25. The predicted molar refractivity (Wildman–Crippen MR) is 97.7 cm³/mol. The first kappa shape index (κ1) is 16.8. The van der Waals surface area contributed by atoms with Gasteiger partial charge in [-0.3, -0.25) is 4.79 Å². The summed E-state index contributed by atoms with van der Waals surface area (Å²) in [5, 5.41) is 24.2. The standard InChI is InChI=1S/C17H19N7OS/c25-16(14-11-24(23-20-14)13-6-8-18-9-7-13)19-10-15-21-22-17(26-15)12-4-2-1-3-5-12/h1-5,11,13,18H,6-10H2,(H,19,25). The molecule has 2 aromatic heterocycles. The first-order chi connectivity index (χ1) is 12.8. The lowest BCUT2D eigenvalue weighted by Crippen LogP contribution is -2.29. The molecule has 4 rings (SSSR count). The lowest BCUT2D eigenvalue weighted by Gasteiger charge is -2.22. The minimum absolute atomic E-state index is 0.248. The molecular formula is C17H19N7OS. The summed E-state index contributed by atoms with van der Waals surface area (Å²) in [6, 6.07) is 10.2. The van der Waals surface area contributed by atoms with Gasteiger partial charge in [0.2, 0.25) is 0 Å². The molecule has 1 aliphatic rings. The van der Waals surface area contributed by atoms with Crippen LogP contribution in [0.1, 0.15) is 34.4 Å². The van der Waals surface area contributed by atoms with Crippen LogP contribution in [0.5, 0.6) is 0 Å². The maximum absolute atomic E-state index is 12.3. The van der Waals surface area contributed by atoms with Crippen molar-refractivity contribution in [2.24, 2.45) is 0 Å². The van der Waals surface area contributed by atoms with Gasteiger partial charge in [0.05, 0.1) is 18.8 Å². The molecular weight excluding hydrogens is 350 g/mol. The minimum atomic E-state index is -0.248. The van der Waals surface area contributed by atoms with E-state index in [4.69, 9.17) is 0 Å². The van der Waals surface area contributed by atoms with E-state index in [2.05, 4.69) is 31.1 Å². The zero-order chi connectivity index (χ0) is 17.8. The number of rotatable bonds is 5. The zero-order valence-corrected chi connectivity index (χ0v) is 14.9. The van der Waals surface area contributed by atoms with Crippen LogP contribution in [0.15, 0.2) is 36.5 Å². The molecule has 26 heavy (non-hydrogen) atoms. The summed E-state index contributed by atoms with van der Waals surface area (Å²) in [6.07, 6.45) is 3.72. The third-order valence-electron chi connectivity index (χ3n) is 4.31. The van der Waals surface area contributed by atoms with Gasteiger partial charge in [-0.15, -0.1) is 15.3 Å². The van der Waals surface area contributed by atoms with Crippen LogP contribution in [-0.4, -0.2) is 44.2 Å². The molecule has 9 heteroatoms. The van der Waals surface area contributed by atoms with Crippen molar-refractivity contribution in [3.8, 4) is 10.6 Å². The van der Waals surface area contributed by atoms with Gasteiger partial charge in [0, 0.05) is 5.56 Å². The number of hydrogen-bond acceptors (Lipinski definition) is 7. The Balaban J connectivity index is 1.35. The predicted octanol–water partition coefficient (Wildman–Crippen LogP) is 1.65. The normalized spacial score (nSPS) is 15.1. The summed E-state index contributed by atoms with van der Waals surface area (Å²) in [4.78, 5) is 12.3. The maximum Gasteiger partial charge on any atom is 0.273 e. The highest BCUT2D eigenvalue weighted by Crippen LogP contribution is 2.23. The van der Waals surface area contributed by atoms with Crippen molar-refractivity contribution < 1.29 is 4.79 Å². The van der Waals surface area contributed by atoms with E-state index in [9.17, 15) is 4.79 Å². The van der Waals surface area contributed by atoms with Gasteiger partial charge in [-0.05, 0) is 25.9 Å². The van der Waals surface area contributed by atoms with Crippen molar-refractivity contribution in [3.63, 3.8) is 0 Å². The van der Waals surface area contributed by atoms with E-state index in [0.717, 1.165) is 41.5 Å². The van der Waals surface area contributed by atoms with Crippen molar-refractivity contribution in [1.82, 2.24) is 35.8 Å². The highest BCUT2D eigenvalue weighted by atomic mass is 32.1. The van der Waals surface area contributed by atoms with Crippen LogP contribution in [0, 0.1) is 0 Å². The Morgan fingerprint density at radius 3 is 2.81 bits per heavy atom. The molecule has 0 saturated carbocycles. The topological polar surface area (TPSA) is 97.6 Å². The van der Waals surface area contributed by atoms with Gasteiger partial charge in [0.1, 0.15) is 10.0 Å². The molecule has 8 nitrogen and oxygen atoms in total. The van der Waals surface area contributed by atoms with Gasteiger partial charge in [-0.2, -0.15) is 0 Å². The van der Waals surface area contributed by atoms with E-state index in [1.165, 1.54) is 11.3 Å². The van der Waals surface area contributed by atoms with Crippen molar-refractivity contribution in [2.75, 3.05) is 13.1 Å². The number of carbonyl (C=O) groups excluding carboxylic acids is 1. The van der Waals surface area contributed by atoms with E-state index in [-0.39, 0.29) is 5.91 Å². The van der Waals surface area contributed by atoms with E-state index >= 15 is 0 Å². The summed E-state index contributed by atoms with van der Waals surface area (Å²) in [7, 11) is 0. The smallest absolute Gasteiger partial charge is 0.273 e. The van der Waals surface area contributed by atoms with Crippen molar-refractivity contribution in [2.45, 2.75) is 25.4 Å². The van der Waals surface area contributed by atoms with Crippen LogP contribution < -0.4 is 10.6 Å². The number of aromatic nitrogens is 5. The first-order valence-corrected chi connectivity index (χ1v) is 9.40. The fraction of sp³-hybridized carbons (Fsp3) is 0.353. The monoisotopic (exact) mass is 369 g/mol. The third kappa shape index (κ3) is 3.78. The molecule has 1 amide bonds. The van der Waals surface area contributed by atoms with E-state index in [1.807, 2.05) is 30.3 Å². The second-order valence-corrected chi connectivity index (χ2v) is 7.18. The molecule has 1 aromatic carbocycles. The Labute approximate surface area is 154 Å². The molecule has 0 bridgehead atoms. The summed E-state index contributed by atoms with van der Waals surface area (Å²) < 4.78 is 1.80. The second-order valence-electron chi connectivity index (χ2n) is 6.11. The number of benzene rings is 1. The molecule has 0 aliphatic carbocycles. The number of amides is 1. The molecule has 1 aliphatic heterocycles. The Morgan fingerprint density at radius 1 is 1.19 bits per heavy atom. The van der Waals surface area contributed by atoms with E-state index in [0.29, 0.717) is 18.3 Å². The van der Waals surface area contributed by atoms with Crippen LogP contribution in [0.2, 0.25) is 0 Å². The molecule has 0 atom stereocenters. The van der Waals surface area contributed by atoms with Gasteiger partial charge in [0.15, 0.2) is 5.69 Å². The maximum atomic E-state index is 12.3. The molecule has 1 fully saturated rings. The van der Waals surface area contributed by atoms with E-state index in [1.54, 1.807) is 10.9 Å². The molecule has 3 heterocycles. The van der Waals surface area contributed by atoms with Gasteiger partial charge >= 0.3 is 0 Å². The SMILES string of the molecule is O=C(NCc1nnc(-c2ccccc2)s1)c1cn(C2CCNCC2)nn1.